The minimum absolute atomic E-state index is 0.0310. The molecular formula is C24H23N5OS. The fourth-order valence-electron chi connectivity index (χ4n) is 5.04. The van der Waals surface area contributed by atoms with Gasteiger partial charge in [-0.05, 0) is 62.6 Å². The summed E-state index contributed by atoms with van der Waals surface area (Å²) in [7, 11) is 0. The molecule has 1 aliphatic rings. The van der Waals surface area contributed by atoms with Gasteiger partial charge in [-0.2, -0.15) is 0 Å². The van der Waals surface area contributed by atoms with Crippen molar-refractivity contribution in [3.63, 3.8) is 0 Å². The zero-order valence-electron chi connectivity index (χ0n) is 17.9. The molecule has 0 spiro atoms. The summed E-state index contributed by atoms with van der Waals surface area (Å²) in [4.78, 5) is 11.9. The molecule has 3 aromatic heterocycles. The summed E-state index contributed by atoms with van der Waals surface area (Å²) in [6.45, 7) is 8.91. The summed E-state index contributed by atoms with van der Waals surface area (Å²) in [5, 5.41) is 22.2. The third kappa shape index (κ3) is 2.77. The second kappa shape index (κ2) is 6.02. The van der Waals surface area contributed by atoms with Crippen molar-refractivity contribution in [1.82, 2.24) is 24.9 Å². The second-order valence-corrected chi connectivity index (χ2v) is 10.6. The van der Waals surface area contributed by atoms with E-state index in [4.69, 9.17) is 9.97 Å². The first-order valence-corrected chi connectivity index (χ1v) is 11.2. The lowest BCUT2D eigenvalue weighted by atomic mass is 9.82. The summed E-state index contributed by atoms with van der Waals surface area (Å²) < 4.78 is 1.74. The molecule has 6 nitrogen and oxygen atoms in total. The predicted octanol–water partition coefficient (Wildman–Crippen LogP) is 5.02. The molecule has 0 unspecified atom stereocenters. The molecule has 0 saturated heterocycles. The van der Waals surface area contributed by atoms with Crippen molar-refractivity contribution in [2.75, 3.05) is 0 Å². The van der Waals surface area contributed by atoms with Crippen molar-refractivity contribution in [2.24, 2.45) is 0 Å². The van der Waals surface area contributed by atoms with Gasteiger partial charge >= 0.3 is 0 Å². The summed E-state index contributed by atoms with van der Waals surface area (Å²) in [5.74, 6) is 0.683. The van der Waals surface area contributed by atoms with Gasteiger partial charge in [0.25, 0.3) is 0 Å². The lowest BCUT2D eigenvalue weighted by Gasteiger charge is -2.42. The van der Waals surface area contributed by atoms with E-state index in [0.29, 0.717) is 11.4 Å². The zero-order valence-corrected chi connectivity index (χ0v) is 18.7. The summed E-state index contributed by atoms with van der Waals surface area (Å²) in [6, 6.07) is 11.7. The van der Waals surface area contributed by atoms with E-state index in [1.165, 1.54) is 10.4 Å². The molecule has 7 heteroatoms. The van der Waals surface area contributed by atoms with Crippen LogP contribution in [0.5, 0.6) is 5.75 Å². The minimum atomic E-state index is -0.140. The van der Waals surface area contributed by atoms with Gasteiger partial charge in [0.15, 0.2) is 11.5 Å². The van der Waals surface area contributed by atoms with Gasteiger partial charge in [0.2, 0.25) is 0 Å². The van der Waals surface area contributed by atoms with Crippen molar-refractivity contribution in [1.29, 1.82) is 0 Å². The Labute approximate surface area is 183 Å². The highest BCUT2D eigenvalue weighted by atomic mass is 32.1. The van der Waals surface area contributed by atoms with E-state index in [1.807, 2.05) is 30.3 Å². The van der Waals surface area contributed by atoms with Gasteiger partial charge in [0, 0.05) is 16.0 Å². The van der Waals surface area contributed by atoms with E-state index in [1.54, 1.807) is 28.2 Å². The molecule has 2 aromatic carbocycles. The number of hydrogen-bond donors (Lipinski definition) is 2. The van der Waals surface area contributed by atoms with Crippen LogP contribution < -0.4 is 5.32 Å². The Morgan fingerprint density at radius 1 is 1.10 bits per heavy atom. The van der Waals surface area contributed by atoms with Crippen LogP contribution in [0.15, 0.2) is 42.7 Å². The molecule has 1 aliphatic heterocycles. The number of rotatable bonds is 1. The number of aromatic nitrogens is 4. The monoisotopic (exact) mass is 429 g/mol. The van der Waals surface area contributed by atoms with Crippen LogP contribution in [0.2, 0.25) is 0 Å². The van der Waals surface area contributed by atoms with E-state index in [2.05, 4.69) is 38.1 Å². The Balaban J connectivity index is 1.62. The van der Waals surface area contributed by atoms with Crippen LogP contribution in [-0.4, -0.2) is 30.2 Å². The third-order valence-corrected chi connectivity index (χ3v) is 7.53. The Hall–Kier alpha value is -3.03. The number of benzene rings is 2. The molecule has 0 radical (unpaired) electrons. The Morgan fingerprint density at radius 3 is 2.61 bits per heavy atom. The van der Waals surface area contributed by atoms with Crippen molar-refractivity contribution in [2.45, 2.75) is 45.2 Å². The molecule has 0 atom stereocenters. The van der Waals surface area contributed by atoms with E-state index in [-0.39, 0.29) is 16.8 Å². The average Bonchev–Trinajstić information content (AvgIpc) is 3.27. The van der Waals surface area contributed by atoms with E-state index in [9.17, 15) is 5.11 Å². The van der Waals surface area contributed by atoms with Crippen LogP contribution in [0.1, 0.15) is 38.1 Å². The predicted molar refractivity (Wildman–Crippen MR) is 125 cm³/mol. The number of thiophene rings is 1. The van der Waals surface area contributed by atoms with Crippen LogP contribution >= 0.6 is 11.3 Å². The lowest BCUT2D eigenvalue weighted by molar-refractivity contribution is 0.248. The molecule has 0 fully saturated rings. The van der Waals surface area contributed by atoms with E-state index < -0.39 is 0 Å². The first-order chi connectivity index (χ1) is 14.7. The summed E-state index contributed by atoms with van der Waals surface area (Å²) >= 11 is 1.73. The molecule has 0 amide bonds. The van der Waals surface area contributed by atoms with Gasteiger partial charge in [0.1, 0.15) is 16.9 Å². The molecule has 31 heavy (non-hydrogen) atoms. The smallest absolute Gasteiger partial charge is 0.185 e. The van der Waals surface area contributed by atoms with E-state index in [0.717, 1.165) is 33.1 Å². The molecule has 0 saturated carbocycles. The maximum Gasteiger partial charge on any atom is 0.185 e. The van der Waals surface area contributed by atoms with Crippen molar-refractivity contribution in [3.05, 3.63) is 53.2 Å². The molecular weight excluding hydrogens is 406 g/mol. The van der Waals surface area contributed by atoms with Gasteiger partial charge in [-0.25, -0.2) is 14.5 Å². The number of aromatic hydroxyl groups is 1. The highest BCUT2D eigenvalue weighted by Gasteiger charge is 2.40. The van der Waals surface area contributed by atoms with Crippen LogP contribution in [0.4, 0.5) is 0 Å². The van der Waals surface area contributed by atoms with Gasteiger partial charge in [-0.3, -0.25) is 0 Å². The van der Waals surface area contributed by atoms with Crippen LogP contribution in [0.25, 0.3) is 38.0 Å². The maximum absolute atomic E-state index is 10.7. The van der Waals surface area contributed by atoms with E-state index >= 15 is 0 Å². The number of phenols is 1. The van der Waals surface area contributed by atoms with Gasteiger partial charge in [0.05, 0.1) is 10.9 Å². The number of nitrogens with one attached hydrogen (secondary N) is 1. The van der Waals surface area contributed by atoms with Crippen LogP contribution in [0, 0.1) is 0 Å². The molecule has 0 bridgehead atoms. The number of nitrogens with zero attached hydrogens (tertiary/aromatic N) is 4. The number of fused-ring (bicyclic) bond motifs is 6. The first kappa shape index (κ1) is 18.7. The van der Waals surface area contributed by atoms with Crippen molar-refractivity contribution < 1.29 is 5.11 Å². The summed E-state index contributed by atoms with van der Waals surface area (Å²) in [6.07, 6.45) is 2.62. The zero-order chi connectivity index (χ0) is 21.5. The fraction of sp³-hybridized carbons (Fsp3) is 0.292. The Kier molecular flexibility index (Phi) is 3.63. The maximum atomic E-state index is 10.7. The van der Waals surface area contributed by atoms with Crippen LogP contribution in [-0.2, 0) is 12.0 Å². The largest absolute Gasteiger partial charge is 0.507 e. The molecule has 2 N–H and O–H groups in total. The van der Waals surface area contributed by atoms with Gasteiger partial charge in [-0.15, -0.1) is 16.4 Å². The van der Waals surface area contributed by atoms with Crippen molar-refractivity contribution >= 4 is 38.0 Å². The lowest BCUT2D eigenvalue weighted by Crippen LogP contribution is -2.54. The quantitative estimate of drug-likeness (QED) is 0.391. The highest BCUT2D eigenvalue weighted by molar-refractivity contribution is 7.19. The van der Waals surface area contributed by atoms with Gasteiger partial charge in [-0.1, -0.05) is 24.3 Å². The fourth-order valence-corrected chi connectivity index (χ4v) is 6.25. The normalized spacial score (nSPS) is 17.4. The molecule has 5 aromatic rings. The Morgan fingerprint density at radius 2 is 1.84 bits per heavy atom. The molecule has 156 valence electrons. The molecule has 6 rings (SSSR count). The molecule has 0 aliphatic carbocycles. The number of hydrogen-bond acceptors (Lipinski definition) is 6. The molecule has 4 heterocycles. The van der Waals surface area contributed by atoms with Crippen molar-refractivity contribution in [3.8, 4) is 17.1 Å². The number of phenolic OH excluding ortho intramolecular Hbond substituents is 1. The first-order valence-electron chi connectivity index (χ1n) is 10.4. The summed E-state index contributed by atoms with van der Waals surface area (Å²) in [5.41, 5.74) is 2.55. The second-order valence-electron chi connectivity index (χ2n) is 9.57. The van der Waals surface area contributed by atoms with Gasteiger partial charge < -0.3 is 10.4 Å². The average molecular weight is 430 g/mol. The highest BCUT2D eigenvalue weighted by Crippen LogP contribution is 2.44. The topological polar surface area (TPSA) is 75.3 Å². The Bertz CT molecular complexity index is 1510. The standard InChI is InChI=1S/C24H23N5OS/c1-23(2)11-16-18-21-26-20(15-9-13-7-5-6-8-14(13)10-17(15)30)27-29(21)12-25-22(18)31-19(16)24(3,4)28-23/h5-10,12,28,30H,11H2,1-4H3. The minimum Gasteiger partial charge on any atom is -0.507 e. The third-order valence-electron chi connectivity index (χ3n) is 6.07. The SMILES string of the molecule is CC1(C)Cc2c(sc3ncn4nc(-c5cc6ccccc6cc5O)nc4c23)C(C)(C)N1. The van der Waals surface area contributed by atoms with Crippen LogP contribution in [0.3, 0.4) is 0 Å².